The number of rotatable bonds is 3. The standard InChI is InChI=1S/C14H23N3/c1-12-6-4-5-7-14(12)17-9-8-16(3)13(11-17)10-15-2/h4-7,13,15H,8-11H2,1-3H3. The third-order valence-electron chi connectivity index (χ3n) is 3.67. The Labute approximate surface area is 104 Å². The summed E-state index contributed by atoms with van der Waals surface area (Å²) in [5.74, 6) is 0. The molecule has 0 saturated carbocycles. The van der Waals surface area contributed by atoms with Crippen LogP contribution >= 0.6 is 0 Å². The molecular formula is C14H23N3. The molecule has 17 heavy (non-hydrogen) atoms. The third kappa shape index (κ3) is 2.79. The number of likely N-dealkylation sites (N-methyl/N-ethyl adjacent to an activating group) is 2. The van der Waals surface area contributed by atoms with Crippen LogP contribution in [-0.4, -0.2) is 51.2 Å². The minimum absolute atomic E-state index is 0.605. The van der Waals surface area contributed by atoms with Gasteiger partial charge in [-0.1, -0.05) is 18.2 Å². The molecular weight excluding hydrogens is 210 g/mol. The van der Waals surface area contributed by atoms with Gasteiger partial charge >= 0.3 is 0 Å². The highest BCUT2D eigenvalue weighted by Gasteiger charge is 2.24. The number of hydrogen-bond donors (Lipinski definition) is 1. The van der Waals surface area contributed by atoms with Crippen LogP contribution in [0.25, 0.3) is 0 Å². The average Bonchev–Trinajstić information content (AvgIpc) is 2.33. The van der Waals surface area contributed by atoms with Gasteiger partial charge in [0.05, 0.1) is 0 Å². The topological polar surface area (TPSA) is 18.5 Å². The van der Waals surface area contributed by atoms with Crippen LogP contribution in [0.15, 0.2) is 24.3 Å². The molecule has 0 radical (unpaired) electrons. The first-order valence-corrected chi connectivity index (χ1v) is 6.38. The molecule has 1 atom stereocenters. The SMILES string of the molecule is CNCC1CN(c2ccccc2C)CCN1C. The Kier molecular flexibility index (Phi) is 4.02. The van der Waals surface area contributed by atoms with Gasteiger partial charge in [-0.15, -0.1) is 0 Å². The first-order valence-electron chi connectivity index (χ1n) is 6.38. The molecule has 1 fully saturated rings. The largest absolute Gasteiger partial charge is 0.368 e. The van der Waals surface area contributed by atoms with Crippen molar-refractivity contribution in [2.75, 3.05) is 45.2 Å². The molecule has 3 nitrogen and oxygen atoms in total. The summed E-state index contributed by atoms with van der Waals surface area (Å²) in [5, 5.41) is 3.29. The Morgan fingerprint density at radius 2 is 2.06 bits per heavy atom. The van der Waals surface area contributed by atoms with Gasteiger partial charge in [-0.3, -0.25) is 4.90 Å². The molecule has 1 aliphatic heterocycles. The zero-order chi connectivity index (χ0) is 12.3. The van der Waals surface area contributed by atoms with Crippen molar-refractivity contribution in [2.45, 2.75) is 13.0 Å². The Morgan fingerprint density at radius 1 is 1.29 bits per heavy atom. The number of benzene rings is 1. The van der Waals surface area contributed by atoms with E-state index in [0.717, 1.165) is 26.2 Å². The van der Waals surface area contributed by atoms with Crippen LogP contribution in [0.2, 0.25) is 0 Å². The number of piperazine rings is 1. The number of anilines is 1. The van der Waals surface area contributed by atoms with Crippen molar-refractivity contribution in [3.63, 3.8) is 0 Å². The van der Waals surface area contributed by atoms with Crippen LogP contribution in [0.1, 0.15) is 5.56 Å². The summed E-state index contributed by atoms with van der Waals surface area (Å²) >= 11 is 0. The van der Waals surface area contributed by atoms with E-state index in [4.69, 9.17) is 0 Å². The molecule has 1 aliphatic rings. The molecule has 1 aromatic carbocycles. The van der Waals surface area contributed by atoms with Gasteiger partial charge in [-0.2, -0.15) is 0 Å². The fraction of sp³-hybridized carbons (Fsp3) is 0.571. The molecule has 2 rings (SSSR count). The Balaban J connectivity index is 2.10. The zero-order valence-electron chi connectivity index (χ0n) is 11.1. The summed E-state index contributed by atoms with van der Waals surface area (Å²) in [6.45, 7) is 6.63. The Hall–Kier alpha value is -1.06. The molecule has 1 saturated heterocycles. The van der Waals surface area contributed by atoms with E-state index < -0.39 is 0 Å². The van der Waals surface area contributed by atoms with Crippen molar-refractivity contribution < 1.29 is 0 Å². The van der Waals surface area contributed by atoms with Crippen LogP contribution in [-0.2, 0) is 0 Å². The fourth-order valence-corrected chi connectivity index (χ4v) is 2.54. The maximum Gasteiger partial charge on any atom is 0.0396 e. The van der Waals surface area contributed by atoms with Crippen LogP contribution in [0.3, 0.4) is 0 Å². The monoisotopic (exact) mass is 233 g/mol. The quantitative estimate of drug-likeness (QED) is 0.850. The van der Waals surface area contributed by atoms with Crippen LogP contribution in [0.4, 0.5) is 5.69 Å². The number of nitrogens with zero attached hydrogens (tertiary/aromatic N) is 2. The van der Waals surface area contributed by atoms with Crippen molar-refractivity contribution in [3.8, 4) is 0 Å². The lowest BCUT2D eigenvalue weighted by Gasteiger charge is -2.41. The summed E-state index contributed by atoms with van der Waals surface area (Å²) < 4.78 is 0. The summed E-state index contributed by atoms with van der Waals surface area (Å²) in [6, 6.07) is 9.28. The molecule has 94 valence electrons. The van der Waals surface area contributed by atoms with Crippen LogP contribution in [0.5, 0.6) is 0 Å². The lowest BCUT2D eigenvalue weighted by atomic mass is 10.1. The van der Waals surface area contributed by atoms with E-state index in [1.807, 2.05) is 7.05 Å². The molecule has 1 aromatic rings. The molecule has 0 spiro atoms. The molecule has 1 N–H and O–H groups in total. The van der Waals surface area contributed by atoms with Crippen molar-refractivity contribution in [3.05, 3.63) is 29.8 Å². The number of hydrogen-bond acceptors (Lipinski definition) is 3. The second kappa shape index (κ2) is 5.52. The third-order valence-corrected chi connectivity index (χ3v) is 3.67. The minimum atomic E-state index is 0.605. The van der Waals surface area contributed by atoms with Gasteiger partial charge in [0.15, 0.2) is 0 Å². The number of nitrogens with one attached hydrogen (secondary N) is 1. The minimum Gasteiger partial charge on any atom is -0.368 e. The van der Waals surface area contributed by atoms with Crippen LogP contribution < -0.4 is 10.2 Å². The summed E-state index contributed by atoms with van der Waals surface area (Å²) in [7, 11) is 4.25. The predicted octanol–water partition coefficient (Wildman–Crippen LogP) is 1.33. The molecule has 1 unspecified atom stereocenters. The van der Waals surface area contributed by atoms with E-state index in [1.54, 1.807) is 0 Å². The summed E-state index contributed by atoms with van der Waals surface area (Å²) in [4.78, 5) is 4.96. The molecule has 0 aromatic heterocycles. The van der Waals surface area contributed by atoms with Gasteiger partial charge in [-0.05, 0) is 32.6 Å². The first-order chi connectivity index (χ1) is 8.22. The second-order valence-electron chi connectivity index (χ2n) is 4.92. The lowest BCUT2D eigenvalue weighted by Crippen LogP contribution is -2.54. The number of aryl methyl sites for hydroxylation is 1. The van der Waals surface area contributed by atoms with Crippen molar-refractivity contribution in [2.24, 2.45) is 0 Å². The highest BCUT2D eigenvalue weighted by atomic mass is 15.3. The van der Waals surface area contributed by atoms with Gasteiger partial charge in [0.2, 0.25) is 0 Å². The van der Waals surface area contributed by atoms with E-state index in [9.17, 15) is 0 Å². The van der Waals surface area contributed by atoms with E-state index in [1.165, 1.54) is 11.3 Å². The predicted molar refractivity (Wildman–Crippen MR) is 73.7 cm³/mol. The second-order valence-corrected chi connectivity index (χ2v) is 4.92. The molecule has 3 heteroatoms. The number of para-hydroxylation sites is 1. The van der Waals surface area contributed by atoms with Gasteiger partial charge in [0.1, 0.15) is 0 Å². The Bertz CT molecular complexity index is 364. The van der Waals surface area contributed by atoms with E-state index in [2.05, 4.69) is 53.4 Å². The highest BCUT2D eigenvalue weighted by molar-refractivity contribution is 5.53. The van der Waals surface area contributed by atoms with Crippen molar-refractivity contribution in [1.29, 1.82) is 0 Å². The maximum absolute atomic E-state index is 3.29. The van der Waals surface area contributed by atoms with Crippen molar-refractivity contribution in [1.82, 2.24) is 10.2 Å². The highest BCUT2D eigenvalue weighted by Crippen LogP contribution is 2.22. The molecule has 0 aliphatic carbocycles. The zero-order valence-corrected chi connectivity index (χ0v) is 11.1. The first kappa shape index (κ1) is 12.4. The fourth-order valence-electron chi connectivity index (χ4n) is 2.54. The van der Waals surface area contributed by atoms with Gasteiger partial charge in [-0.25, -0.2) is 0 Å². The van der Waals surface area contributed by atoms with Gasteiger partial charge in [0.25, 0.3) is 0 Å². The van der Waals surface area contributed by atoms with Gasteiger partial charge in [0, 0.05) is 37.9 Å². The van der Waals surface area contributed by atoms with Crippen molar-refractivity contribution >= 4 is 5.69 Å². The van der Waals surface area contributed by atoms with E-state index in [-0.39, 0.29) is 0 Å². The summed E-state index contributed by atoms with van der Waals surface area (Å²) in [6.07, 6.45) is 0. The molecule has 1 heterocycles. The smallest absolute Gasteiger partial charge is 0.0396 e. The van der Waals surface area contributed by atoms with E-state index in [0.29, 0.717) is 6.04 Å². The van der Waals surface area contributed by atoms with Crippen LogP contribution in [0, 0.1) is 6.92 Å². The van der Waals surface area contributed by atoms with E-state index >= 15 is 0 Å². The van der Waals surface area contributed by atoms with Gasteiger partial charge < -0.3 is 10.2 Å². The lowest BCUT2D eigenvalue weighted by molar-refractivity contribution is 0.216. The Morgan fingerprint density at radius 3 is 2.76 bits per heavy atom. The molecule has 0 bridgehead atoms. The average molecular weight is 233 g/mol. The maximum atomic E-state index is 3.29. The normalized spacial score (nSPS) is 21.8. The molecule has 0 amide bonds. The summed E-state index contributed by atoms with van der Waals surface area (Å²) in [5.41, 5.74) is 2.77.